The normalized spacial score (nSPS) is 11.6. The molecule has 0 bridgehead atoms. The molecule has 1 aromatic rings. The lowest BCUT2D eigenvalue weighted by atomic mass is 10.0. The number of benzene rings is 1. The molecule has 1 aromatic carbocycles. The number of nitrogens with one attached hydrogen (secondary N) is 1. The van der Waals surface area contributed by atoms with Gasteiger partial charge in [-0.2, -0.15) is 10.2 Å². The van der Waals surface area contributed by atoms with Gasteiger partial charge in [0.2, 0.25) is 23.7 Å². The highest BCUT2D eigenvalue weighted by atomic mass is 16.1. The second-order valence-corrected chi connectivity index (χ2v) is 7.86. The summed E-state index contributed by atoms with van der Waals surface area (Å²) in [5.74, 6) is -0.696. The van der Waals surface area contributed by atoms with Gasteiger partial charge < -0.3 is 34.0 Å². The van der Waals surface area contributed by atoms with E-state index in [1.54, 1.807) is 26.0 Å². The van der Waals surface area contributed by atoms with Gasteiger partial charge in [0.05, 0.1) is 11.4 Å². The summed E-state index contributed by atoms with van der Waals surface area (Å²) < 4.78 is 0. The second kappa shape index (κ2) is 15.0. The lowest BCUT2D eigenvalue weighted by Gasteiger charge is -2.11. The fourth-order valence-electron chi connectivity index (χ4n) is 3.01. The van der Waals surface area contributed by atoms with Crippen molar-refractivity contribution in [1.82, 2.24) is 0 Å². The molecule has 0 heterocycles. The summed E-state index contributed by atoms with van der Waals surface area (Å²) in [6.45, 7) is 3.48. The van der Waals surface area contributed by atoms with E-state index in [9.17, 15) is 9.59 Å². The molecule has 0 fully saturated rings. The number of hydrogen-bond acceptors (Lipinski definition) is 6. The first-order valence-corrected chi connectivity index (χ1v) is 11.1. The minimum absolute atomic E-state index is 0.102. The first kappa shape index (κ1) is 28.1. The molecule has 0 aliphatic heterocycles. The van der Waals surface area contributed by atoms with Crippen LogP contribution in [0.25, 0.3) is 0 Å². The highest BCUT2D eigenvalue weighted by Gasteiger charge is 2.10. The Bertz CT molecular complexity index is 906. The maximum atomic E-state index is 12.5. The van der Waals surface area contributed by atoms with E-state index in [0.717, 1.165) is 38.5 Å². The van der Waals surface area contributed by atoms with Crippen LogP contribution < -0.4 is 34.0 Å². The molecule has 2 amide bonds. The van der Waals surface area contributed by atoms with E-state index in [1.807, 2.05) is 6.07 Å². The van der Waals surface area contributed by atoms with E-state index in [2.05, 4.69) is 25.7 Å². The van der Waals surface area contributed by atoms with E-state index in [4.69, 9.17) is 28.7 Å². The third-order valence-electron chi connectivity index (χ3n) is 4.76. The zero-order chi connectivity index (χ0) is 25.5. The van der Waals surface area contributed by atoms with E-state index in [-0.39, 0.29) is 23.7 Å². The summed E-state index contributed by atoms with van der Waals surface area (Å²) in [6, 6.07) is 5.36. The van der Waals surface area contributed by atoms with Crippen LogP contribution in [0.15, 0.2) is 38.6 Å². The summed E-state index contributed by atoms with van der Waals surface area (Å²) in [5, 5.41) is 18.3. The van der Waals surface area contributed by atoms with Crippen LogP contribution in [-0.2, 0) is 9.59 Å². The zero-order valence-electron chi connectivity index (χ0n) is 19.9. The predicted molar refractivity (Wildman–Crippen MR) is 137 cm³/mol. The SMILES string of the molecule is C/C(=N\N=C(N)N)c1cc(NC(=O)CCCCCCCCC(N)=O)cc(/C(C)=N/N=C(N)N)c1. The predicted octanol–water partition coefficient (Wildman–Crippen LogP) is 1.23. The quantitative estimate of drug-likeness (QED) is 0.101. The average Bonchev–Trinajstić information content (AvgIpc) is 2.76. The Morgan fingerprint density at radius 2 is 1.12 bits per heavy atom. The molecule has 12 nitrogen and oxygen atoms in total. The number of guanidine groups is 2. The van der Waals surface area contributed by atoms with Crippen LogP contribution in [0.2, 0.25) is 0 Å². The van der Waals surface area contributed by atoms with Gasteiger partial charge in [-0.3, -0.25) is 9.59 Å². The number of anilines is 1. The van der Waals surface area contributed by atoms with E-state index in [0.29, 0.717) is 41.1 Å². The van der Waals surface area contributed by atoms with Gasteiger partial charge in [0.1, 0.15) is 0 Å². The molecule has 34 heavy (non-hydrogen) atoms. The monoisotopic (exact) mass is 472 g/mol. The van der Waals surface area contributed by atoms with Gasteiger partial charge in [0.25, 0.3) is 0 Å². The highest BCUT2D eigenvalue weighted by molar-refractivity contribution is 6.06. The van der Waals surface area contributed by atoms with Gasteiger partial charge in [0.15, 0.2) is 0 Å². The van der Waals surface area contributed by atoms with Crippen LogP contribution in [0.4, 0.5) is 5.69 Å². The Morgan fingerprint density at radius 1 is 0.676 bits per heavy atom. The van der Waals surface area contributed by atoms with Crippen LogP contribution in [0.1, 0.15) is 76.3 Å². The third-order valence-corrected chi connectivity index (χ3v) is 4.76. The number of carbonyl (C=O) groups is 2. The van der Waals surface area contributed by atoms with Crippen molar-refractivity contribution in [1.29, 1.82) is 0 Å². The molecule has 0 unspecified atom stereocenters. The molecule has 0 radical (unpaired) electrons. The van der Waals surface area contributed by atoms with E-state index in [1.165, 1.54) is 0 Å². The first-order valence-electron chi connectivity index (χ1n) is 11.1. The summed E-state index contributed by atoms with van der Waals surface area (Å²) in [5.41, 5.74) is 29.6. The Balaban J connectivity index is 2.83. The zero-order valence-corrected chi connectivity index (χ0v) is 19.9. The van der Waals surface area contributed by atoms with Crippen molar-refractivity contribution in [3.05, 3.63) is 29.3 Å². The lowest BCUT2D eigenvalue weighted by molar-refractivity contribution is -0.118. The molecule has 12 heteroatoms. The number of rotatable bonds is 14. The smallest absolute Gasteiger partial charge is 0.224 e. The number of nitrogens with zero attached hydrogens (tertiary/aromatic N) is 4. The molecular formula is C22H36N10O2. The molecule has 0 atom stereocenters. The van der Waals surface area contributed by atoms with Crippen LogP contribution in [0, 0.1) is 0 Å². The minimum Gasteiger partial charge on any atom is -0.370 e. The molecule has 0 saturated carbocycles. The van der Waals surface area contributed by atoms with E-state index < -0.39 is 0 Å². The van der Waals surface area contributed by atoms with Gasteiger partial charge in [-0.1, -0.05) is 25.7 Å². The Labute approximate surface area is 199 Å². The van der Waals surface area contributed by atoms with Crippen molar-refractivity contribution in [2.24, 2.45) is 49.1 Å². The van der Waals surface area contributed by atoms with Gasteiger partial charge in [0, 0.05) is 29.7 Å². The molecule has 186 valence electrons. The highest BCUT2D eigenvalue weighted by Crippen LogP contribution is 2.18. The van der Waals surface area contributed by atoms with Crippen molar-refractivity contribution in [2.45, 2.75) is 65.2 Å². The average molecular weight is 473 g/mol. The minimum atomic E-state index is -0.265. The molecule has 11 N–H and O–H groups in total. The van der Waals surface area contributed by atoms with Gasteiger partial charge in [-0.15, -0.1) is 10.2 Å². The summed E-state index contributed by atoms with van der Waals surface area (Å²) in [4.78, 5) is 23.2. The van der Waals surface area contributed by atoms with Crippen molar-refractivity contribution in [3.63, 3.8) is 0 Å². The first-order chi connectivity index (χ1) is 16.1. The second-order valence-electron chi connectivity index (χ2n) is 7.86. The number of nitrogens with two attached hydrogens (primary N) is 5. The van der Waals surface area contributed by atoms with Gasteiger partial charge in [-0.05, 0) is 44.9 Å². The molecule has 0 aromatic heterocycles. The van der Waals surface area contributed by atoms with Crippen molar-refractivity contribution >= 4 is 40.8 Å². The fourth-order valence-corrected chi connectivity index (χ4v) is 3.01. The van der Waals surface area contributed by atoms with Crippen molar-refractivity contribution in [3.8, 4) is 0 Å². The van der Waals surface area contributed by atoms with Crippen LogP contribution in [0.5, 0.6) is 0 Å². The lowest BCUT2D eigenvalue weighted by Crippen LogP contribution is -2.22. The maximum Gasteiger partial charge on any atom is 0.224 e. The Morgan fingerprint density at radius 3 is 1.56 bits per heavy atom. The standard InChI is InChI=1S/C22H36N10O2/c1-14(29-31-21(24)25)16-11-17(15(2)30-32-22(26)27)13-18(12-16)28-20(34)10-8-6-4-3-5-7-9-19(23)33/h11-13H,3-10H2,1-2H3,(H2,23,33)(H,28,34)(H4,24,25,31)(H4,26,27,32)/b29-14+,30-15+. The summed E-state index contributed by atoms with van der Waals surface area (Å²) in [7, 11) is 0. The largest absolute Gasteiger partial charge is 0.370 e. The molecule has 1 rings (SSSR count). The topological polar surface area (TPSA) is 226 Å². The summed E-state index contributed by atoms with van der Waals surface area (Å²) in [6.07, 6.45) is 6.32. The Hall–Kier alpha value is -3.96. The third kappa shape index (κ3) is 12.2. The molecule has 0 spiro atoms. The van der Waals surface area contributed by atoms with E-state index >= 15 is 0 Å². The number of amides is 2. The van der Waals surface area contributed by atoms with Crippen molar-refractivity contribution in [2.75, 3.05) is 5.32 Å². The molecular weight excluding hydrogens is 436 g/mol. The van der Waals surface area contributed by atoms with Crippen LogP contribution in [-0.4, -0.2) is 35.2 Å². The fraction of sp³-hybridized carbons (Fsp3) is 0.455. The Kier molecular flexibility index (Phi) is 12.4. The number of primary amides is 1. The van der Waals surface area contributed by atoms with Gasteiger partial charge >= 0.3 is 0 Å². The number of unbranched alkanes of at least 4 members (excludes halogenated alkanes) is 5. The molecule has 0 aliphatic carbocycles. The van der Waals surface area contributed by atoms with Crippen molar-refractivity contribution < 1.29 is 9.59 Å². The van der Waals surface area contributed by atoms with Crippen LogP contribution in [0.3, 0.4) is 0 Å². The van der Waals surface area contributed by atoms with Gasteiger partial charge in [-0.25, -0.2) is 0 Å². The number of hydrogen-bond donors (Lipinski definition) is 6. The van der Waals surface area contributed by atoms with Crippen LogP contribution >= 0.6 is 0 Å². The molecule has 0 aliphatic rings. The summed E-state index contributed by atoms with van der Waals surface area (Å²) >= 11 is 0. The number of carbonyl (C=O) groups excluding carboxylic acids is 2. The maximum absolute atomic E-state index is 12.5. The molecule has 0 saturated heterocycles.